The molecule has 1 unspecified atom stereocenters. The van der Waals surface area contributed by atoms with E-state index in [1.807, 2.05) is 13.0 Å². The van der Waals surface area contributed by atoms with E-state index in [9.17, 15) is 0 Å². The van der Waals surface area contributed by atoms with Crippen LogP contribution in [0.5, 0.6) is 0 Å². The molecule has 2 heteroatoms. The predicted molar refractivity (Wildman–Crippen MR) is 49.2 cm³/mol. The fraction of sp³-hybridized carbons (Fsp3) is 0.500. The first kappa shape index (κ1) is 7.74. The van der Waals surface area contributed by atoms with E-state index in [0.29, 0.717) is 5.92 Å². The second-order valence-electron chi connectivity index (χ2n) is 3.39. The molecule has 0 aromatic carbocycles. The zero-order chi connectivity index (χ0) is 8.39. The van der Waals surface area contributed by atoms with Crippen LogP contribution < -0.4 is 5.32 Å². The van der Waals surface area contributed by atoms with Crippen LogP contribution in [0.15, 0.2) is 18.2 Å². The minimum atomic E-state index is 0.643. The van der Waals surface area contributed by atoms with Gasteiger partial charge in [0.1, 0.15) is 0 Å². The van der Waals surface area contributed by atoms with Gasteiger partial charge in [-0.25, -0.2) is 0 Å². The Kier molecular flexibility index (Phi) is 2.09. The van der Waals surface area contributed by atoms with Crippen molar-refractivity contribution in [3.63, 3.8) is 0 Å². The second-order valence-corrected chi connectivity index (χ2v) is 3.39. The van der Waals surface area contributed by atoms with Crippen molar-refractivity contribution in [3.05, 3.63) is 29.6 Å². The summed E-state index contributed by atoms with van der Waals surface area (Å²) < 4.78 is 0. The van der Waals surface area contributed by atoms with Crippen LogP contribution >= 0.6 is 0 Å². The SMILES string of the molecule is Cc1cccc(C2CCNC2)n1. The topological polar surface area (TPSA) is 24.9 Å². The lowest BCUT2D eigenvalue weighted by Crippen LogP contribution is -2.09. The van der Waals surface area contributed by atoms with Crippen LogP contribution in [0.4, 0.5) is 0 Å². The van der Waals surface area contributed by atoms with Gasteiger partial charge in [-0.1, -0.05) is 6.07 Å². The molecule has 1 aliphatic heterocycles. The third kappa shape index (κ3) is 1.48. The maximum Gasteiger partial charge on any atom is 0.0450 e. The van der Waals surface area contributed by atoms with Gasteiger partial charge in [0.05, 0.1) is 0 Å². The number of rotatable bonds is 1. The first-order valence-corrected chi connectivity index (χ1v) is 4.50. The summed E-state index contributed by atoms with van der Waals surface area (Å²) in [6.07, 6.45) is 1.23. The minimum Gasteiger partial charge on any atom is -0.316 e. The number of nitrogens with zero attached hydrogens (tertiary/aromatic N) is 1. The first-order chi connectivity index (χ1) is 5.86. The fourth-order valence-corrected chi connectivity index (χ4v) is 1.70. The van der Waals surface area contributed by atoms with E-state index in [1.165, 1.54) is 12.1 Å². The molecule has 0 spiro atoms. The highest BCUT2D eigenvalue weighted by Gasteiger charge is 2.17. The molecular formula is C10H14N2. The van der Waals surface area contributed by atoms with E-state index in [4.69, 9.17) is 0 Å². The van der Waals surface area contributed by atoms with Crippen molar-refractivity contribution in [2.24, 2.45) is 0 Å². The van der Waals surface area contributed by atoms with Crippen LogP contribution in [0.3, 0.4) is 0 Å². The molecule has 1 aromatic rings. The largest absolute Gasteiger partial charge is 0.316 e. The van der Waals surface area contributed by atoms with E-state index < -0.39 is 0 Å². The quantitative estimate of drug-likeness (QED) is 0.676. The van der Waals surface area contributed by atoms with Crippen molar-refractivity contribution in [1.29, 1.82) is 0 Å². The molecule has 2 nitrogen and oxygen atoms in total. The first-order valence-electron chi connectivity index (χ1n) is 4.50. The summed E-state index contributed by atoms with van der Waals surface area (Å²) in [4.78, 5) is 4.52. The Bertz CT molecular complexity index is 264. The van der Waals surface area contributed by atoms with E-state index in [1.54, 1.807) is 0 Å². The van der Waals surface area contributed by atoms with Gasteiger partial charge < -0.3 is 5.32 Å². The van der Waals surface area contributed by atoms with Crippen LogP contribution in [0.1, 0.15) is 23.7 Å². The monoisotopic (exact) mass is 162 g/mol. The van der Waals surface area contributed by atoms with Crippen molar-refractivity contribution < 1.29 is 0 Å². The number of pyridine rings is 1. The molecule has 0 amide bonds. The lowest BCUT2D eigenvalue weighted by molar-refractivity contribution is 0.731. The van der Waals surface area contributed by atoms with Gasteiger partial charge in [-0.2, -0.15) is 0 Å². The van der Waals surface area contributed by atoms with E-state index in [0.717, 1.165) is 18.8 Å². The fourth-order valence-electron chi connectivity index (χ4n) is 1.70. The van der Waals surface area contributed by atoms with E-state index in [-0.39, 0.29) is 0 Å². The number of hydrogen-bond donors (Lipinski definition) is 1. The maximum absolute atomic E-state index is 4.52. The number of aryl methyl sites for hydroxylation is 1. The highest BCUT2D eigenvalue weighted by atomic mass is 14.9. The lowest BCUT2D eigenvalue weighted by atomic mass is 10.0. The van der Waals surface area contributed by atoms with Gasteiger partial charge in [-0.3, -0.25) is 4.98 Å². The summed E-state index contributed by atoms with van der Waals surface area (Å²) in [6.45, 7) is 4.28. The molecule has 1 aromatic heterocycles. The summed E-state index contributed by atoms with van der Waals surface area (Å²) in [6, 6.07) is 6.27. The van der Waals surface area contributed by atoms with Crippen molar-refractivity contribution in [2.75, 3.05) is 13.1 Å². The molecule has 1 N–H and O–H groups in total. The molecule has 2 heterocycles. The normalized spacial score (nSPS) is 22.9. The Morgan fingerprint density at radius 3 is 3.08 bits per heavy atom. The van der Waals surface area contributed by atoms with Crippen molar-refractivity contribution in [1.82, 2.24) is 10.3 Å². The molecule has 64 valence electrons. The molecule has 1 atom stereocenters. The average molecular weight is 162 g/mol. The summed E-state index contributed by atoms with van der Waals surface area (Å²) in [5.74, 6) is 0.643. The van der Waals surface area contributed by atoms with Crippen molar-refractivity contribution in [2.45, 2.75) is 19.3 Å². The highest BCUT2D eigenvalue weighted by molar-refractivity contribution is 5.15. The van der Waals surface area contributed by atoms with Gasteiger partial charge in [0.25, 0.3) is 0 Å². The van der Waals surface area contributed by atoms with Crippen LogP contribution in [0.25, 0.3) is 0 Å². The van der Waals surface area contributed by atoms with Gasteiger partial charge in [0.2, 0.25) is 0 Å². The van der Waals surface area contributed by atoms with Gasteiger partial charge in [-0.15, -0.1) is 0 Å². The van der Waals surface area contributed by atoms with E-state index in [2.05, 4.69) is 22.4 Å². The van der Waals surface area contributed by atoms with Crippen LogP contribution in [0.2, 0.25) is 0 Å². The smallest absolute Gasteiger partial charge is 0.0450 e. The second kappa shape index (κ2) is 3.23. The Morgan fingerprint density at radius 2 is 2.42 bits per heavy atom. The van der Waals surface area contributed by atoms with Crippen LogP contribution in [-0.4, -0.2) is 18.1 Å². The number of nitrogens with one attached hydrogen (secondary N) is 1. The molecule has 0 bridgehead atoms. The van der Waals surface area contributed by atoms with Crippen LogP contribution in [0, 0.1) is 6.92 Å². The number of aromatic nitrogens is 1. The average Bonchev–Trinajstić information content (AvgIpc) is 2.56. The minimum absolute atomic E-state index is 0.643. The van der Waals surface area contributed by atoms with Gasteiger partial charge in [0, 0.05) is 23.9 Å². The molecular weight excluding hydrogens is 148 g/mol. The number of hydrogen-bond acceptors (Lipinski definition) is 2. The highest BCUT2D eigenvalue weighted by Crippen LogP contribution is 2.19. The molecule has 1 fully saturated rings. The van der Waals surface area contributed by atoms with Crippen molar-refractivity contribution in [3.8, 4) is 0 Å². The van der Waals surface area contributed by atoms with Gasteiger partial charge in [-0.05, 0) is 32.0 Å². The Labute approximate surface area is 73.0 Å². The van der Waals surface area contributed by atoms with Gasteiger partial charge >= 0.3 is 0 Å². The molecule has 12 heavy (non-hydrogen) atoms. The summed E-state index contributed by atoms with van der Waals surface area (Å²) in [5.41, 5.74) is 2.37. The molecule has 1 saturated heterocycles. The zero-order valence-corrected chi connectivity index (χ0v) is 7.38. The zero-order valence-electron chi connectivity index (χ0n) is 7.38. The molecule has 0 saturated carbocycles. The summed E-state index contributed by atoms with van der Waals surface area (Å²) in [7, 11) is 0. The van der Waals surface area contributed by atoms with E-state index >= 15 is 0 Å². The maximum atomic E-state index is 4.52. The molecule has 2 rings (SSSR count). The molecule has 0 radical (unpaired) electrons. The van der Waals surface area contributed by atoms with Crippen LogP contribution in [-0.2, 0) is 0 Å². The third-order valence-electron chi connectivity index (χ3n) is 2.39. The third-order valence-corrected chi connectivity index (χ3v) is 2.39. The Morgan fingerprint density at radius 1 is 1.50 bits per heavy atom. The van der Waals surface area contributed by atoms with Gasteiger partial charge in [0.15, 0.2) is 0 Å². The summed E-state index contributed by atoms with van der Waals surface area (Å²) >= 11 is 0. The molecule has 1 aliphatic rings. The Hall–Kier alpha value is -0.890. The van der Waals surface area contributed by atoms with Crippen molar-refractivity contribution >= 4 is 0 Å². The summed E-state index contributed by atoms with van der Waals surface area (Å²) in [5, 5.41) is 3.35. The predicted octanol–water partition coefficient (Wildman–Crippen LogP) is 1.47. The standard InChI is InChI=1S/C10H14N2/c1-8-3-2-4-10(12-8)9-5-6-11-7-9/h2-4,9,11H,5-7H2,1H3. The molecule has 0 aliphatic carbocycles. The Balaban J connectivity index is 2.21. The lowest BCUT2D eigenvalue weighted by Gasteiger charge is -2.07.